The molecule has 1 N–H and O–H groups in total. The Bertz CT molecular complexity index is 680. The first kappa shape index (κ1) is 20.9. The van der Waals surface area contributed by atoms with Gasteiger partial charge in [-0.2, -0.15) is 0 Å². The maximum Gasteiger partial charge on any atom is 0.573 e. The normalized spacial score (nSPS) is 15.1. The number of rotatable bonds is 5. The largest absolute Gasteiger partial charge is 0.573 e. The number of hydrogen-bond donors (Lipinski definition) is 1. The molecule has 2 amide bonds. The summed E-state index contributed by atoms with van der Waals surface area (Å²) in [6.07, 6.45) is -4.83. The van der Waals surface area contributed by atoms with E-state index in [2.05, 4.69) is 10.1 Å². The topological polar surface area (TPSA) is 67.9 Å². The van der Waals surface area contributed by atoms with Crippen molar-refractivity contribution in [1.29, 1.82) is 0 Å². The summed E-state index contributed by atoms with van der Waals surface area (Å²) in [5, 5.41) is 2.73. The molecule has 0 unspecified atom stereocenters. The zero-order chi connectivity index (χ0) is 20.2. The second kappa shape index (κ2) is 8.06. The van der Waals surface area contributed by atoms with Gasteiger partial charge in [0.25, 0.3) is 0 Å². The molecule has 150 valence electrons. The highest BCUT2D eigenvalue weighted by Crippen LogP contribution is 2.23. The maximum absolute atomic E-state index is 12.2. The van der Waals surface area contributed by atoms with Crippen LogP contribution in [0.4, 0.5) is 18.0 Å². The molecule has 1 aliphatic heterocycles. The van der Waals surface area contributed by atoms with Gasteiger partial charge < -0.3 is 19.7 Å². The number of nitrogens with one attached hydrogen (secondary N) is 1. The number of ether oxygens (including phenoxy) is 2. The fraction of sp³-hybridized carbons (Fsp3) is 0.556. The number of amides is 2. The fourth-order valence-corrected chi connectivity index (χ4v) is 2.49. The van der Waals surface area contributed by atoms with Crippen LogP contribution < -0.4 is 10.1 Å². The van der Waals surface area contributed by atoms with Crippen molar-refractivity contribution in [2.75, 3.05) is 19.6 Å². The van der Waals surface area contributed by atoms with Gasteiger partial charge in [0, 0.05) is 19.6 Å². The minimum absolute atomic E-state index is 0.197. The molecule has 9 heteroatoms. The van der Waals surface area contributed by atoms with Crippen molar-refractivity contribution in [2.45, 2.75) is 39.2 Å². The van der Waals surface area contributed by atoms with E-state index in [4.69, 9.17) is 4.74 Å². The molecule has 1 saturated heterocycles. The van der Waals surface area contributed by atoms with Crippen LogP contribution in [0.1, 0.15) is 26.3 Å². The van der Waals surface area contributed by atoms with E-state index in [1.807, 2.05) is 0 Å². The van der Waals surface area contributed by atoms with Crippen LogP contribution in [0.2, 0.25) is 0 Å². The molecule has 2 rings (SSSR count). The van der Waals surface area contributed by atoms with Gasteiger partial charge >= 0.3 is 12.5 Å². The second-order valence-corrected chi connectivity index (χ2v) is 7.32. The number of hydrogen-bond acceptors (Lipinski definition) is 4. The van der Waals surface area contributed by atoms with Gasteiger partial charge in [0.05, 0.1) is 5.92 Å². The van der Waals surface area contributed by atoms with Gasteiger partial charge in [-0.05, 0) is 44.9 Å². The molecule has 0 aromatic heterocycles. The standard InChI is InChI=1S/C18H23F3N2O4/c1-17(2,3)27-16(25)23-10-13(11-23)15(24)22-8-7-12-5-4-6-14(9-12)26-18(19,20)21/h4-6,9,13H,7-8,10-11H2,1-3H3,(H,22,24). The van der Waals surface area contributed by atoms with Gasteiger partial charge in [-0.1, -0.05) is 12.1 Å². The first-order valence-electron chi connectivity index (χ1n) is 8.53. The third-order valence-electron chi connectivity index (χ3n) is 3.75. The molecule has 0 saturated carbocycles. The average molecular weight is 388 g/mol. The molecule has 0 aliphatic carbocycles. The van der Waals surface area contributed by atoms with E-state index in [1.54, 1.807) is 26.8 Å². The summed E-state index contributed by atoms with van der Waals surface area (Å²) in [5.74, 6) is -0.798. The van der Waals surface area contributed by atoms with E-state index < -0.39 is 18.1 Å². The number of benzene rings is 1. The van der Waals surface area contributed by atoms with Gasteiger partial charge in [-0.15, -0.1) is 13.2 Å². The fourth-order valence-electron chi connectivity index (χ4n) is 2.49. The molecule has 1 aromatic carbocycles. The zero-order valence-corrected chi connectivity index (χ0v) is 15.4. The summed E-state index contributed by atoms with van der Waals surface area (Å²) < 4.78 is 45.8. The van der Waals surface area contributed by atoms with E-state index in [-0.39, 0.29) is 37.2 Å². The summed E-state index contributed by atoms with van der Waals surface area (Å²) >= 11 is 0. The molecule has 27 heavy (non-hydrogen) atoms. The summed E-state index contributed by atoms with van der Waals surface area (Å²) in [6.45, 7) is 6.15. The Morgan fingerprint density at radius 1 is 1.22 bits per heavy atom. The highest BCUT2D eigenvalue weighted by atomic mass is 19.4. The summed E-state index contributed by atoms with van der Waals surface area (Å²) in [7, 11) is 0. The van der Waals surface area contributed by atoms with Crippen molar-refractivity contribution < 1.29 is 32.2 Å². The minimum Gasteiger partial charge on any atom is -0.444 e. The quantitative estimate of drug-likeness (QED) is 0.842. The minimum atomic E-state index is -4.74. The van der Waals surface area contributed by atoms with E-state index >= 15 is 0 Å². The first-order chi connectivity index (χ1) is 12.4. The average Bonchev–Trinajstić information content (AvgIpc) is 2.42. The summed E-state index contributed by atoms with van der Waals surface area (Å²) in [6, 6.07) is 5.62. The molecule has 1 aromatic rings. The molecule has 6 nitrogen and oxygen atoms in total. The van der Waals surface area contributed by atoms with Crippen LogP contribution in [-0.4, -0.2) is 48.5 Å². The Kier molecular flexibility index (Phi) is 6.22. The second-order valence-electron chi connectivity index (χ2n) is 7.32. The number of carbonyl (C=O) groups is 2. The monoisotopic (exact) mass is 388 g/mol. The molecule has 1 fully saturated rings. The molecule has 0 bridgehead atoms. The summed E-state index contributed by atoms with van der Waals surface area (Å²) in [5.41, 5.74) is 0.0236. The van der Waals surface area contributed by atoms with Gasteiger partial charge in [0.2, 0.25) is 5.91 Å². The van der Waals surface area contributed by atoms with Gasteiger partial charge in [-0.3, -0.25) is 4.79 Å². The number of halogens is 3. The Labute approximate surface area is 155 Å². The highest BCUT2D eigenvalue weighted by Gasteiger charge is 2.37. The van der Waals surface area contributed by atoms with Crippen LogP contribution in [0.3, 0.4) is 0 Å². The van der Waals surface area contributed by atoms with Crippen LogP contribution in [0.5, 0.6) is 5.75 Å². The van der Waals surface area contributed by atoms with Crippen LogP contribution in [0, 0.1) is 5.92 Å². The van der Waals surface area contributed by atoms with Crippen LogP contribution in [-0.2, 0) is 16.0 Å². The molecular formula is C18H23F3N2O4. The lowest BCUT2D eigenvalue weighted by molar-refractivity contribution is -0.274. The maximum atomic E-state index is 12.2. The molecular weight excluding hydrogens is 365 g/mol. The Morgan fingerprint density at radius 2 is 1.89 bits per heavy atom. The van der Waals surface area contributed by atoms with Crippen molar-refractivity contribution in [3.63, 3.8) is 0 Å². The Balaban J connectivity index is 1.72. The molecule has 0 radical (unpaired) electrons. The molecule has 1 aliphatic rings. The smallest absolute Gasteiger partial charge is 0.444 e. The van der Waals surface area contributed by atoms with Gasteiger partial charge in [-0.25, -0.2) is 4.79 Å². The van der Waals surface area contributed by atoms with E-state index in [0.29, 0.717) is 12.0 Å². The van der Waals surface area contributed by atoms with E-state index in [1.165, 1.54) is 23.1 Å². The molecule has 0 atom stereocenters. The SMILES string of the molecule is CC(C)(C)OC(=O)N1CC(C(=O)NCCc2cccc(OC(F)(F)F)c2)C1. The van der Waals surface area contributed by atoms with Crippen molar-refractivity contribution >= 4 is 12.0 Å². The predicted octanol–water partition coefficient (Wildman–Crippen LogP) is 3.11. The van der Waals surface area contributed by atoms with E-state index in [9.17, 15) is 22.8 Å². The number of carbonyl (C=O) groups excluding carboxylic acids is 2. The summed E-state index contributed by atoms with van der Waals surface area (Å²) in [4.78, 5) is 25.3. The van der Waals surface area contributed by atoms with Crippen LogP contribution in [0.15, 0.2) is 24.3 Å². The number of alkyl halides is 3. The Morgan fingerprint density at radius 3 is 2.48 bits per heavy atom. The third-order valence-corrected chi connectivity index (χ3v) is 3.75. The lowest BCUT2D eigenvalue weighted by Gasteiger charge is -2.38. The Hall–Kier alpha value is -2.45. The molecule has 1 heterocycles. The van der Waals surface area contributed by atoms with Crippen molar-refractivity contribution in [1.82, 2.24) is 10.2 Å². The first-order valence-corrected chi connectivity index (χ1v) is 8.53. The third kappa shape index (κ3) is 6.99. The van der Waals surface area contributed by atoms with Crippen molar-refractivity contribution in [3.05, 3.63) is 29.8 Å². The highest BCUT2D eigenvalue weighted by molar-refractivity contribution is 5.82. The van der Waals surface area contributed by atoms with E-state index in [0.717, 1.165) is 0 Å². The van der Waals surface area contributed by atoms with Crippen LogP contribution >= 0.6 is 0 Å². The van der Waals surface area contributed by atoms with Crippen LogP contribution in [0.25, 0.3) is 0 Å². The number of nitrogens with zero attached hydrogens (tertiary/aromatic N) is 1. The predicted molar refractivity (Wildman–Crippen MR) is 91.1 cm³/mol. The zero-order valence-electron chi connectivity index (χ0n) is 15.4. The lowest BCUT2D eigenvalue weighted by atomic mass is 10.00. The van der Waals surface area contributed by atoms with Crippen molar-refractivity contribution in [3.8, 4) is 5.75 Å². The van der Waals surface area contributed by atoms with Crippen molar-refractivity contribution in [2.24, 2.45) is 5.92 Å². The van der Waals surface area contributed by atoms with Gasteiger partial charge in [0.1, 0.15) is 11.4 Å². The lowest BCUT2D eigenvalue weighted by Crippen LogP contribution is -2.56. The van der Waals surface area contributed by atoms with Gasteiger partial charge in [0.15, 0.2) is 0 Å². The molecule has 0 spiro atoms. The number of likely N-dealkylation sites (tertiary alicyclic amines) is 1.